The molecule has 0 aromatic heterocycles. The van der Waals surface area contributed by atoms with Gasteiger partial charge in [-0.2, -0.15) is 0 Å². The Bertz CT molecular complexity index is 1600. The molecular weight excluding hydrogens is 949 g/mol. The first-order valence-electron chi connectivity index (χ1n) is 32.0. The lowest BCUT2D eigenvalue weighted by Gasteiger charge is -2.18. The SMILES string of the molecule is CC/C=C\C/C=C\C/C=C\C/C=C\C/C=C\C/C=C\C/C=C\C/C=C\CCCCC(=O)OCC(COC(=O)CCCCCCC/C=C\CCCC)OC(=O)CCCCCCCCCCC/C=C\CCCCCCCCCC. The van der Waals surface area contributed by atoms with Crippen LogP contribution in [0.2, 0.25) is 0 Å². The molecule has 0 aliphatic carbocycles. The summed E-state index contributed by atoms with van der Waals surface area (Å²) in [5.74, 6) is -0.952. The van der Waals surface area contributed by atoms with Gasteiger partial charge in [0.25, 0.3) is 0 Å². The summed E-state index contributed by atoms with van der Waals surface area (Å²) in [6.45, 7) is 6.45. The highest BCUT2D eigenvalue weighted by molar-refractivity contribution is 5.71. The largest absolute Gasteiger partial charge is 0.462 e. The second-order valence-electron chi connectivity index (χ2n) is 20.9. The van der Waals surface area contributed by atoms with Crippen LogP contribution in [-0.4, -0.2) is 37.2 Å². The number of carbonyl (C=O) groups excluding carboxylic acids is 3. The minimum absolute atomic E-state index is 0.0988. The van der Waals surface area contributed by atoms with E-state index in [4.69, 9.17) is 14.2 Å². The Morgan fingerprint density at radius 3 is 0.870 bits per heavy atom. The van der Waals surface area contributed by atoms with Crippen molar-refractivity contribution in [2.75, 3.05) is 13.2 Å². The Hall–Kier alpha value is -4.19. The third-order valence-corrected chi connectivity index (χ3v) is 13.4. The Morgan fingerprint density at radius 2 is 0.519 bits per heavy atom. The van der Waals surface area contributed by atoms with Crippen molar-refractivity contribution in [3.8, 4) is 0 Å². The van der Waals surface area contributed by atoms with Crippen LogP contribution < -0.4 is 0 Å². The van der Waals surface area contributed by atoms with Crippen molar-refractivity contribution < 1.29 is 28.6 Å². The molecule has 77 heavy (non-hydrogen) atoms. The Morgan fingerprint density at radius 1 is 0.273 bits per heavy atom. The second-order valence-corrected chi connectivity index (χ2v) is 20.9. The molecule has 0 rings (SSSR count). The average molecular weight is 1070 g/mol. The molecule has 0 N–H and O–H groups in total. The van der Waals surface area contributed by atoms with Gasteiger partial charge in [-0.3, -0.25) is 14.4 Å². The van der Waals surface area contributed by atoms with Crippen LogP contribution in [0.3, 0.4) is 0 Å². The van der Waals surface area contributed by atoms with Crippen molar-refractivity contribution in [3.05, 3.63) is 122 Å². The third-order valence-electron chi connectivity index (χ3n) is 13.4. The van der Waals surface area contributed by atoms with Gasteiger partial charge in [-0.1, -0.05) is 264 Å². The van der Waals surface area contributed by atoms with Crippen LogP contribution in [0.1, 0.15) is 290 Å². The molecule has 438 valence electrons. The van der Waals surface area contributed by atoms with Crippen molar-refractivity contribution in [1.29, 1.82) is 0 Å². The van der Waals surface area contributed by atoms with Gasteiger partial charge in [-0.15, -0.1) is 0 Å². The number of hydrogen-bond acceptors (Lipinski definition) is 6. The fourth-order valence-corrected chi connectivity index (χ4v) is 8.61. The quantitative estimate of drug-likeness (QED) is 0.0261. The van der Waals surface area contributed by atoms with E-state index in [0.29, 0.717) is 25.7 Å². The van der Waals surface area contributed by atoms with Crippen LogP contribution in [0.5, 0.6) is 0 Å². The van der Waals surface area contributed by atoms with Crippen LogP contribution in [-0.2, 0) is 28.6 Å². The van der Waals surface area contributed by atoms with E-state index >= 15 is 0 Å². The van der Waals surface area contributed by atoms with Crippen LogP contribution >= 0.6 is 0 Å². The van der Waals surface area contributed by atoms with E-state index in [0.717, 1.165) is 116 Å². The molecule has 0 bridgehead atoms. The molecule has 6 heteroatoms. The van der Waals surface area contributed by atoms with Gasteiger partial charge in [0.05, 0.1) is 0 Å². The molecule has 0 fully saturated rings. The first-order chi connectivity index (χ1) is 38.0. The first-order valence-corrected chi connectivity index (χ1v) is 32.0. The Balaban J connectivity index is 4.39. The minimum Gasteiger partial charge on any atom is -0.462 e. The monoisotopic (exact) mass is 1070 g/mol. The predicted molar refractivity (Wildman–Crippen MR) is 334 cm³/mol. The number of rotatable bonds is 57. The highest BCUT2D eigenvalue weighted by Crippen LogP contribution is 2.15. The molecule has 0 amide bonds. The molecule has 0 aromatic rings. The molecule has 1 unspecified atom stereocenters. The van der Waals surface area contributed by atoms with Crippen LogP contribution in [0, 0.1) is 0 Å². The Kier molecular flexibility index (Phi) is 60.8. The number of unbranched alkanes of at least 4 members (excludes halogenated alkanes) is 26. The Labute approximate surface area is 475 Å². The van der Waals surface area contributed by atoms with Crippen molar-refractivity contribution in [2.24, 2.45) is 0 Å². The van der Waals surface area contributed by atoms with Crippen LogP contribution in [0.4, 0.5) is 0 Å². The molecule has 0 radical (unpaired) electrons. The number of hydrogen-bond donors (Lipinski definition) is 0. The average Bonchev–Trinajstić information content (AvgIpc) is 3.43. The van der Waals surface area contributed by atoms with Crippen molar-refractivity contribution in [1.82, 2.24) is 0 Å². The lowest BCUT2D eigenvalue weighted by molar-refractivity contribution is -0.167. The van der Waals surface area contributed by atoms with Crippen molar-refractivity contribution in [2.45, 2.75) is 297 Å². The summed E-state index contributed by atoms with van der Waals surface area (Å²) in [5, 5.41) is 0. The molecule has 0 heterocycles. The summed E-state index contributed by atoms with van der Waals surface area (Å²) in [5.41, 5.74) is 0. The number of allylic oxidation sites excluding steroid dienone is 20. The molecule has 0 aliphatic heterocycles. The van der Waals surface area contributed by atoms with E-state index in [1.165, 1.54) is 128 Å². The summed E-state index contributed by atoms with van der Waals surface area (Å²) in [4.78, 5) is 38.2. The zero-order valence-electron chi connectivity index (χ0n) is 50.2. The van der Waals surface area contributed by atoms with E-state index in [1.54, 1.807) is 0 Å². The first kappa shape index (κ1) is 72.8. The summed E-state index contributed by atoms with van der Waals surface area (Å²) < 4.78 is 16.9. The van der Waals surface area contributed by atoms with Gasteiger partial charge < -0.3 is 14.2 Å². The minimum atomic E-state index is -0.804. The number of ether oxygens (including phenoxy) is 3. The standard InChI is InChI=1S/C71H118O6/c1-4-7-10-13-16-19-22-24-26-28-30-32-33-34-35-36-37-39-40-42-44-46-49-52-55-58-61-64-70(73)76-67-68(66-75-69(72)63-60-57-54-51-48-21-18-15-12-9-6-3)77-71(74)65-62-59-56-53-50-47-45-43-41-38-31-29-27-25-23-20-17-14-11-8-5-2/h7,10,15-16,18-19,24,26,29-32,34-35,37,39,42,44,49,52,68H,4-6,8-9,11-14,17,20-23,25,27-28,33,36,38,40-41,43,45-48,50-51,53-67H2,1-3H3/b10-7-,18-15-,19-16-,26-24-,31-29-,32-30-,35-34-,39-37-,44-42-,52-49-. The smallest absolute Gasteiger partial charge is 0.306 e. The van der Waals surface area contributed by atoms with Gasteiger partial charge in [-0.25, -0.2) is 0 Å². The maximum absolute atomic E-state index is 12.9. The molecule has 0 spiro atoms. The van der Waals surface area contributed by atoms with Gasteiger partial charge in [-0.05, 0) is 128 Å². The van der Waals surface area contributed by atoms with E-state index < -0.39 is 6.10 Å². The van der Waals surface area contributed by atoms with Crippen molar-refractivity contribution >= 4 is 17.9 Å². The fraction of sp³-hybridized carbons (Fsp3) is 0.676. The molecule has 0 saturated heterocycles. The normalized spacial score (nSPS) is 12.9. The van der Waals surface area contributed by atoms with Crippen molar-refractivity contribution in [3.63, 3.8) is 0 Å². The second kappa shape index (κ2) is 64.3. The molecular formula is C71H118O6. The maximum atomic E-state index is 12.9. The van der Waals surface area contributed by atoms with Crippen LogP contribution in [0.15, 0.2) is 122 Å². The van der Waals surface area contributed by atoms with E-state index in [2.05, 4.69) is 142 Å². The topological polar surface area (TPSA) is 78.9 Å². The predicted octanol–water partition coefficient (Wildman–Crippen LogP) is 22.0. The number of esters is 3. The summed E-state index contributed by atoms with van der Waals surface area (Å²) in [6.07, 6.45) is 89.2. The van der Waals surface area contributed by atoms with Crippen LogP contribution in [0.25, 0.3) is 0 Å². The molecule has 0 aliphatic rings. The zero-order valence-corrected chi connectivity index (χ0v) is 50.2. The van der Waals surface area contributed by atoms with Gasteiger partial charge in [0.2, 0.25) is 0 Å². The molecule has 0 aromatic carbocycles. The lowest BCUT2D eigenvalue weighted by atomic mass is 10.1. The van der Waals surface area contributed by atoms with E-state index in [9.17, 15) is 14.4 Å². The fourth-order valence-electron chi connectivity index (χ4n) is 8.61. The lowest BCUT2D eigenvalue weighted by Crippen LogP contribution is -2.30. The van der Waals surface area contributed by atoms with E-state index in [-0.39, 0.29) is 31.1 Å². The highest BCUT2D eigenvalue weighted by Gasteiger charge is 2.19. The van der Waals surface area contributed by atoms with Gasteiger partial charge in [0, 0.05) is 19.3 Å². The summed E-state index contributed by atoms with van der Waals surface area (Å²) >= 11 is 0. The van der Waals surface area contributed by atoms with Gasteiger partial charge >= 0.3 is 17.9 Å². The number of carbonyl (C=O) groups is 3. The maximum Gasteiger partial charge on any atom is 0.306 e. The summed E-state index contributed by atoms with van der Waals surface area (Å²) in [6, 6.07) is 0. The third kappa shape index (κ3) is 62.5. The van der Waals surface area contributed by atoms with Gasteiger partial charge in [0.1, 0.15) is 13.2 Å². The van der Waals surface area contributed by atoms with Gasteiger partial charge in [0.15, 0.2) is 6.10 Å². The molecule has 0 saturated carbocycles. The van der Waals surface area contributed by atoms with E-state index in [1.807, 2.05) is 0 Å². The zero-order chi connectivity index (χ0) is 55.7. The highest BCUT2D eigenvalue weighted by atomic mass is 16.6. The molecule has 6 nitrogen and oxygen atoms in total. The summed E-state index contributed by atoms with van der Waals surface area (Å²) in [7, 11) is 0. The molecule has 1 atom stereocenters.